The smallest absolute Gasteiger partial charge is 0.274 e. The largest absolute Gasteiger partial charge is 0.390 e. The monoisotopic (exact) mass is 236 g/mol. The van der Waals surface area contributed by atoms with Crippen LogP contribution in [0.15, 0.2) is 12.4 Å². The molecule has 6 nitrogen and oxygen atoms in total. The van der Waals surface area contributed by atoms with Gasteiger partial charge in [-0.3, -0.25) is 4.79 Å². The molecule has 1 amide bonds. The highest BCUT2D eigenvalue weighted by Gasteiger charge is 2.30. The molecule has 0 aromatic carbocycles. The lowest BCUT2D eigenvalue weighted by Gasteiger charge is -2.35. The molecule has 0 radical (unpaired) electrons. The number of nitrogens with zero attached hydrogens (tertiary/aromatic N) is 3. The maximum Gasteiger partial charge on any atom is 0.274 e. The second kappa shape index (κ2) is 4.29. The Bertz CT molecular complexity index is 406. The highest BCUT2D eigenvalue weighted by molar-refractivity contribution is 5.92. The van der Waals surface area contributed by atoms with Crippen molar-refractivity contribution in [1.82, 2.24) is 14.9 Å². The molecule has 1 fully saturated rings. The molecule has 1 aliphatic rings. The number of nitrogen functional groups attached to an aromatic ring is 1. The molecule has 0 atom stereocenters. The lowest BCUT2D eigenvalue weighted by Crippen LogP contribution is -2.45. The Balaban J connectivity index is 2.04. The Labute approximate surface area is 99.5 Å². The summed E-state index contributed by atoms with van der Waals surface area (Å²) >= 11 is 0. The molecule has 1 aliphatic heterocycles. The Kier molecular flexibility index (Phi) is 2.97. The number of nitrogens with two attached hydrogens (primary N) is 1. The molecule has 2 heterocycles. The SMILES string of the molecule is CC1(O)CCN(C(=O)c2cnc(N)cn2)CC1. The van der Waals surface area contributed by atoms with Crippen molar-refractivity contribution in [3.05, 3.63) is 18.1 Å². The van der Waals surface area contributed by atoms with Crippen molar-refractivity contribution in [3.63, 3.8) is 0 Å². The van der Waals surface area contributed by atoms with Gasteiger partial charge < -0.3 is 15.7 Å². The summed E-state index contributed by atoms with van der Waals surface area (Å²) in [5.41, 5.74) is 5.04. The zero-order valence-corrected chi connectivity index (χ0v) is 9.76. The molecule has 17 heavy (non-hydrogen) atoms. The molecule has 0 aliphatic carbocycles. The van der Waals surface area contributed by atoms with Crippen molar-refractivity contribution < 1.29 is 9.90 Å². The van der Waals surface area contributed by atoms with Crippen LogP contribution in [-0.4, -0.2) is 44.6 Å². The molecular formula is C11H16N4O2. The number of rotatable bonds is 1. The molecule has 2 rings (SSSR count). The highest BCUT2D eigenvalue weighted by Crippen LogP contribution is 2.21. The number of amides is 1. The quantitative estimate of drug-likeness (QED) is 0.718. The van der Waals surface area contributed by atoms with Crippen LogP contribution in [0, 0.1) is 0 Å². The van der Waals surface area contributed by atoms with Gasteiger partial charge in [0, 0.05) is 13.1 Å². The number of carbonyl (C=O) groups excluding carboxylic acids is 1. The van der Waals surface area contributed by atoms with Crippen molar-refractivity contribution >= 4 is 11.7 Å². The van der Waals surface area contributed by atoms with Crippen molar-refractivity contribution in [2.75, 3.05) is 18.8 Å². The fourth-order valence-corrected chi connectivity index (χ4v) is 1.80. The van der Waals surface area contributed by atoms with E-state index in [1.165, 1.54) is 12.4 Å². The molecule has 0 saturated carbocycles. The molecule has 0 spiro atoms. The molecule has 1 saturated heterocycles. The van der Waals surface area contributed by atoms with Crippen LogP contribution >= 0.6 is 0 Å². The predicted octanol–water partition coefficient (Wildman–Crippen LogP) is 0.0458. The number of aliphatic hydroxyl groups is 1. The van der Waals surface area contributed by atoms with Gasteiger partial charge in [0.25, 0.3) is 5.91 Å². The summed E-state index contributed by atoms with van der Waals surface area (Å²) in [7, 11) is 0. The minimum absolute atomic E-state index is 0.159. The topological polar surface area (TPSA) is 92.3 Å². The first-order chi connectivity index (χ1) is 7.98. The summed E-state index contributed by atoms with van der Waals surface area (Å²) in [4.78, 5) is 21.5. The van der Waals surface area contributed by atoms with Gasteiger partial charge in [-0.1, -0.05) is 0 Å². The van der Waals surface area contributed by atoms with Gasteiger partial charge in [-0.15, -0.1) is 0 Å². The van der Waals surface area contributed by atoms with E-state index in [4.69, 9.17) is 5.73 Å². The molecule has 92 valence electrons. The maximum absolute atomic E-state index is 12.0. The summed E-state index contributed by atoms with van der Waals surface area (Å²) in [6.45, 7) is 2.87. The number of likely N-dealkylation sites (tertiary alicyclic amines) is 1. The molecule has 1 aromatic heterocycles. The van der Waals surface area contributed by atoms with E-state index in [-0.39, 0.29) is 5.91 Å². The van der Waals surface area contributed by atoms with Crippen LogP contribution in [0.2, 0.25) is 0 Å². The second-order valence-electron chi connectivity index (χ2n) is 4.62. The predicted molar refractivity (Wildman–Crippen MR) is 62.2 cm³/mol. The van der Waals surface area contributed by atoms with E-state index in [1.807, 2.05) is 0 Å². The van der Waals surface area contributed by atoms with Crippen LogP contribution in [0.25, 0.3) is 0 Å². The van der Waals surface area contributed by atoms with Crippen LogP contribution in [-0.2, 0) is 0 Å². The van der Waals surface area contributed by atoms with E-state index in [0.29, 0.717) is 37.4 Å². The first-order valence-electron chi connectivity index (χ1n) is 5.57. The van der Waals surface area contributed by atoms with Gasteiger partial charge >= 0.3 is 0 Å². The van der Waals surface area contributed by atoms with E-state index in [9.17, 15) is 9.90 Å². The van der Waals surface area contributed by atoms with Gasteiger partial charge in [0.2, 0.25) is 0 Å². The number of piperidine rings is 1. The molecule has 6 heteroatoms. The lowest BCUT2D eigenvalue weighted by atomic mass is 9.94. The number of hydrogen-bond donors (Lipinski definition) is 2. The summed E-state index contributed by atoms with van der Waals surface area (Å²) in [6.07, 6.45) is 3.92. The second-order valence-corrected chi connectivity index (χ2v) is 4.62. The minimum Gasteiger partial charge on any atom is -0.390 e. The molecule has 3 N–H and O–H groups in total. The van der Waals surface area contributed by atoms with Crippen LogP contribution in [0.1, 0.15) is 30.3 Å². The fourth-order valence-electron chi connectivity index (χ4n) is 1.80. The average Bonchev–Trinajstić information content (AvgIpc) is 2.29. The third kappa shape index (κ3) is 2.71. The van der Waals surface area contributed by atoms with Crippen LogP contribution in [0.3, 0.4) is 0 Å². The summed E-state index contributed by atoms with van der Waals surface area (Å²) in [5, 5.41) is 9.80. The number of anilines is 1. The zero-order chi connectivity index (χ0) is 12.5. The third-order valence-electron chi connectivity index (χ3n) is 3.02. The zero-order valence-electron chi connectivity index (χ0n) is 9.76. The van der Waals surface area contributed by atoms with Gasteiger partial charge in [-0.25, -0.2) is 9.97 Å². The molecule has 0 bridgehead atoms. The number of carbonyl (C=O) groups is 1. The third-order valence-corrected chi connectivity index (χ3v) is 3.02. The highest BCUT2D eigenvalue weighted by atomic mass is 16.3. The standard InChI is InChI=1S/C11H16N4O2/c1-11(17)2-4-15(5-3-11)10(16)8-6-14-9(12)7-13-8/h6-7,17H,2-5H2,1H3,(H2,12,14). The van der Waals surface area contributed by atoms with Crippen molar-refractivity contribution in [2.45, 2.75) is 25.4 Å². The van der Waals surface area contributed by atoms with Crippen LogP contribution in [0.5, 0.6) is 0 Å². The van der Waals surface area contributed by atoms with E-state index < -0.39 is 5.60 Å². The van der Waals surface area contributed by atoms with E-state index in [0.717, 1.165) is 0 Å². The van der Waals surface area contributed by atoms with Crippen LogP contribution in [0.4, 0.5) is 5.82 Å². The summed E-state index contributed by atoms with van der Waals surface area (Å²) in [5.74, 6) is 0.135. The van der Waals surface area contributed by atoms with Gasteiger partial charge in [0.15, 0.2) is 0 Å². The molecular weight excluding hydrogens is 220 g/mol. The Hall–Kier alpha value is -1.69. The van der Waals surface area contributed by atoms with Gasteiger partial charge in [-0.2, -0.15) is 0 Å². The van der Waals surface area contributed by atoms with Crippen LogP contribution < -0.4 is 5.73 Å². The Morgan fingerprint density at radius 3 is 2.59 bits per heavy atom. The van der Waals surface area contributed by atoms with Gasteiger partial charge in [-0.05, 0) is 19.8 Å². The first kappa shape index (κ1) is 11.8. The van der Waals surface area contributed by atoms with Crippen molar-refractivity contribution in [1.29, 1.82) is 0 Å². The Morgan fingerprint density at radius 1 is 1.41 bits per heavy atom. The average molecular weight is 236 g/mol. The normalized spacial score (nSPS) is 19.1. The molecule has 1 aromatic rings. The van der Waals surface area contributed by atoms with Crippen molar-refractivity contribution in [2.24, 2.45) is 0 Å². The molecule has 0 unspecified atom stereocenters. The van der Waals surface area contributed by atoms with Gasteiger partial charge in [0.05, 0.1) is 18.0 Å². The maximum atomic E-state index is 12.0. The number of hydrogen-bond acceptors (Lipinski definition) is 5. The van der Waals surface area contributed by atoms with Gasteiger partial charge in [0.1, 0.15) is 11.5 Å². The van der Waals surface area contributed by atoms with E-state index >= 15 is 0 Å². The summed E-state index contributed by atoms with van der Waals surface area (Å²) < 4.78 is 0. The van der Waals surface area contributed by atoms with E-state index in [1.54, 1.807) is 11.8 Å². The summed E-state index contributed by atoms with van der Waals surface area (Å²) in [6, 6.07) is 0. The first-order valence-corrected chi connectivity index (χ1v) is 5.57. The Morgan fingerprint density at radius 2 is 2.06 bits per heavy atom. The lowest BCUT2D eigenvalue weighted by molar-refractivity contribution is -0.00220. The van der Waals surface area contributed by atoms with E-state index in [2.05, 4.69) is 9.97 Å². The minimum atomic E-state index is -0.663. The number of aromatic nitrogens is 2. The fraction of sp³-hybridized carbons (Fsp3) is 0.545. The van der Waals surface area contributed by atoms with Crippen molar-refractivity contribution in [3.8, 4) is 0 Å².